The summed E-state index contributed by atoms with van der Waals surface area (Å²) in [5, 5.41) is 0. The van der Waals surface area contributed by atoms with Gasteiger partial charge >= 0.3 is 0 Å². The van der Waals surface area contributed by atoms with E-state index in [0.717, 1.165) is 5.69 Å². The lowest BCUT2D eigenvalue weighted by Crippen LogP contribution is -2.17. The van der Waals surface area contributed by atoms with Crippen molar-refractivity contribution in [1.29, 1.82) is 0 Å². The Morgan fingerprint density at radius 1 is 1.31 bits per heavy atom. The molecule has 0 spiro atoms. The normalized spacial score (nSPS) is 11.9. The monoisotopic (exact) mass is 220 g/mol. The minimum Gasteiger partial charge on any atom is -0.292 e. The first kappa shape index (κ1) is 12.8. The van der Waals surface area contributed by atoms with Crippen molar-refractivity contribution < 1.29 is 4.79 Å². The molecule has 0 saturated carbocycles. The SMILES string of the molecule is CC(C)CC(=O)c1cncc(C(C)(C)C)n1. The predicted octanol–water partition coefficient (Wildman–Crippen LogP) is 3.00. The van der Waals surface area contributed by atoms with Crippen molar-refractivity contribution in [2.45, 2.75) is 46.5 Å². The van der Waals surface area contributed by atoms with Crippen molar-refractivity contribution >= 4 is 5.78 Å². The molecule has 0 bridgehead atoms. The van der Waals surface area contributed by atoms with Gasteiger partial charge in [0.25, 0.3) is 0 Å². The molecule has 1 rings (SSSR count). The summed E-state index contributed by atoms with van der Waals surface area (Å²) in [6.45, 7) is 10.2. The van der Waals surface area contributed by atoms with E-state index >= 15 is 0 Å². The fraction of sp³-hybridized carbons (Fsp3) is 0.615. The zero-order valence-corrected chi connectivity index (χ0v) is 10.7. The first-order chi connectivity index (χ1) is 7.30. The van der Waals surface area contributed by atoms with Crippen molar-refractivity contribution in [3.05, 3.63) is 23.8 Å². The minimum absolute atomic E-state index is 0.0683. The Morgan fingerprint density at radius 3 is 2.44 bits per heavy atom. The molecule has 1 aromatic rings. The first-order valence-electron chi connectivity index (χ1n) is 5.66. The lowest BCUT2D eigenvalue weighted by atomic mass is 9.92. The highest BCUT2D eigenvalue weighted by Crippen LogP contribution is 2.19. The molecule has 0 radical (unpaired) electrons. The molecule has 0 unspecified atom stereocenters. The van der Waals surface area contributed by atoms with Crippen LogP contribution >= 0.6 is 0 Å². The van der Waals surface area contributed by atoms with E-state index in [2.05, 4.69) is 30.7 Å². The van der Waals surface area contributed by atoms with Crippen LogP contribution in [0.1, 0.15) is 57.2 Å². The lowest BCUT2D eigenvalue weighted by Gasteiger charge is -2.17. The molecule has 0 saturated heterocycles. The summed E-state index contributed by atoms with van der Waals surface area (Å²) in [6, 6.07) is 0. The van der Waals surface area contributed by atoms with Crippen molar-refractivity contribution in [3.63, 3.8) is 0 Å². The second-order valence-electron chi connectivity index (χ2n) is 5.56. The van der Waals surface area contributed by atoms with Crippen LogP contribution in [0.5, 0.6) is 0 Å². The fourth-order valence-electron chi connectivity index (χ4n) is 1.34. The molecule has 3 nitrogen and oxygen atoms in total. The molecule has 0 aromatic carbocycles. The van der Waals surface area contributed by atoms with Gasteiger partial charge in [-0.15, -0.1) is 0 Å². The summed E-state index contributed by atoms with van der Waals surface area (Å²) >= 11 is 0. The molecular formula is C13H20N2O. The Bertz CT molecular complexity index is 378. The average molecular weight is 220 g/mol. The average Bonchev–Trinajstić information content (AvgIpc) is 2.15. The molecular weight excluding hydrogens is 200 g/mol. The number of hydrogen-bond donors (Lipinski definition) is 0. The predicted molar refractivity (Wildman–Crippen MR) is 64.5 cm³/mol. The summed E-state index contributed by atoms with van der Waals surface area (Å²) in [4.78, 5) is 20.3. The van der Waals surface area contributed by atoms with Gasteiger partial charge in [0.1, 0.15) is 5.69 Å². The van der Waals surface area contributed by atoms with Gasteiger partial charge in [0.2, 0.25) is 0 Å². The zero-order chi connectivity index (χ0) is 12.3. The van der Waals surface area contributed by atoms with Crippen LogP contribution in [0.25, 0.3) is 0 Å². The third kappa shape index (κ3) is 3.40. The molecule has 3 heteroatoms. The zero-order valence-electron chi connectivity index (χ0n) is 10.7. The van der Waals surface area contributed by atoms with Crippen LogP contribution < -0.4 is 0 Å². The summed E-state index contributed by atoms with van der Waals surface area (Å²) in [5.74, 6) is 0.432. The van der Waals surface area contributed by atoms with Gasteiger partial charge in [-0.05, 0) is 5.92 Å². The Balaban J connectivity index is 2.95. The van der Waals surface area contributed by atoms with E-state index < -0.39 is 0 Å². The minimum atomic E-state index is -0.0683. The molecule has 1 aromatic heterocycles. The van der Waals surface area contributed by atoms with Crippen LogP contribution in [0.4, 0.5) is 0 Å². The maximum Gasteiger partial charge on any atom is 0.183 e. The van der Waals surface area contributed by atoms with E-state index in [9.17, 15) is 4.79 Å². The topological polar surface area (TPSA) is 42.9 Å². The summed E-state index contributed by atoms with van der Waals surface area (Å²) in [7, 11) is 0. The Labute approximate surface area is 97.3 Å². The second-order valence-corrected chi connectivity index (χ2v) is 5.56. The van der Waals surface area contributed by atoms with E-state index in [1.54, 1.807) is 12.4 Å². The quantitative estimate of drug-likeness (QED) is 0.735. The largest absolute Gasteiger partial charge is 0.292 e. The van der Waals surface area contributed by atoms with Gasteiger partial charge in [0.15, 0.2) is 5.78 Å². The number of rotatable bonds is 3. The number of aromatic nitrogens is 2. The van der Waals surface area contributed by atoms with Gasteiger partial charge < -0.3 is 0 Å². The number of carbonyl (C=O) groups is 1. The maximum absolute atomic E-state index is 11.8. The molecule has 16 heavy (non-hydrogen) atoms. The molecule has 0 fully saturated rings. The van der Waals surface area contributed by atoms with Crippen LogP contribution in [-0.2, 0) is 5.41 Å². The smallest absolute Gasteiger partial charge is 0.183 e. The van der Waals surface area contributed by atoms with Gasteiger partial charge in [0.05, 0.1) is 11.9 Å². The van der Waals surface area contributed by atoms with Crippen molar-refractivity contribution in [2.75, 3.05) is 0 Å². The second kappa shape index (κ2) is 4.73. The Morgan fingerprint density at radius 2 is 1.94 bits per heavy atom. The van der Waals surface area contributed by atoms with E-state index in [-0.39, 0.29) is 11.2 Å². The maximum atomic E-state index is 11.8. The molecule has 0 aliphatic rings. The number of Topliss-reactive ketones (excluding diaryl/α,β-unsaturated/α-hetero) is 1. The van der Waals surface area contributed by atoms with Crippen molar-refractivity contribution in [1.82, 2.24) is 9.97 Å². The number of nitrogens with zero attached hydrogens (tertiary/aromatic N) is 2. The molecule has 0 atom stereocenters. The van der Waals surface area contributed by atoms with Gasteiger partial charge in [-0.3, -0.25) is 9.78 Å². The highest BCUT2D eigenvalue weighted by Gasteiger charge is 2.18. The number of carbonyl (C=O) groups excluding carboxylic acids is 1. The van der Waals surface area contributed by atoms with Gasteiger partial charge in [-0.25, -0.2) is 4.98 Å². The summed E-state index contributed by atoms with van der Waals surface area (Å²) in [5.41, 5.74) is 1.28. The molecule has 0 aliphatic heterocycles. The lowest BCUT2D eigenvalue weighted by molar-refractivity contribution is 0.0962. The first-order valence-corrected chi connectivity index (χ1v) is 5.66. The van der Waals surface area contributed by atoms with Crippen LogP contribution in [-0.4, -0.2) is 15.8 Å². The fourth-order valence-corrected chi connectivity index (χ4v) is 1.34. The molecule has 1 heterocycles. The third-order valence-electron chi connectivity index (χ3n) is 2.28. The van der Waals surface area contributed by atoms with Crippen LogP contribution in [0.2, 0.25) is 0 Å². The number of hydrogen-bond acceptors (Lipinski definition) is 3. The van der Waals surface area contributed by atoms with Crippen LogP contribution in [0.15, 0.2) is 12.4 Å². The van der Waals surface area contributed by atoms with E-state index in [1.165, 1.54) is 0 Å². The Hall–Kier alpha value is -1.25. The number of ketones is 1. The highest BCUT2D eigenvalue weighted by atomic mass is 16.1. The molecule has 0 aliphatic carbocycles. The van der Waals surface area contributed by atoms with E-state index in [1.807, 2.05) is 13.8 Å². The Kier molecular flexibility index (Phi) is 3.79. The van der Waals surface area contributed by atoms with Gasteiger partial charge in [-0.1, -0.05) is 34.6 Å². The van der Waals surface area contributed by atoms with Gasteiger partial charge in [0, 0.05) is 18.0 Å². The summed E-state index contributed by atoms with van der Waals surface area (Å²) in [6.07, 6.45) is 3.81. The molecule has 0 N–H and O–H groups in total. The van der Waals surface area contributed by atoms with E-state index in [4.69, 9.17) is 0 Å². The van der Waals surface area contributed by atoms with Crippen molar-refractivity contribution in [3.8, 4) is 0 Å². The highest BCUT2D eigenvalue weighted by molar-refractivity contribution is 5.94. The van der Waals surface area contributed by atoms with Crippen LogP contribution in [0.3, 0.4) is 0 Å². The van der Waals surface area contributed by atoms with Crippen LogP contribution in [0, 0.1) is 5.92 Å². The molecule has 88 valence electrons. The molecule has 0 amide bonds. The summed E-state index contributed by atoms with van der Waals surface area (Å²) < 4.78 is 0. The van der Waals surface area contributed by atoms with Crippen molar-refractivity contribution in [2.24, 2.45) is 5.92 Å². The third-order valence-corrected chi connectivity index (χ3v) is 2.28. The van der Waals surface area contributed by atoms with Gasteiger partial charge in [-0.2, -0.15) is 0 Å². The van der Waals surface area contributed by atoms with E-state index in [0.29, 0.717) is 18.0 Å². The standard InChI is InChI=1S/C13H20N2O/c1-9(2)6-11(16)10-7-14-8-12(15-10)13(3,4)5/h7-9H,6H2,1-5H3.